The molecule has 0 aliphatic carbocycles. The molecule has 0 saturated heterocycles. The first-order valence-electron chi connectivity index (χ1n) is 6.82. The van der Waals surface area contributed by atoms with E-state index in [0.29, 0.717) is 0 Å². The van der Waals surface area contributed by atoms with Crippen molar-refractivity contribution in [1.29, 1.82) is 0 Å². The number of methoxy groups -OCH3 is 1. The van der Waals surface area contributed by atoms with E-state index in [1.165, 1.54) is 16.0 Å². The van der Waals surface area contributed by atoms with Crippen LogP contribution in [0.15, 0.2) is 51.8 Å². The fraction of sp³-hybridized carbons (Fsp3) is 0.294. The summed E-state index contributed by atoms with van der Waals surface area (Å²) in [6.07, 6.45) is 3.00. The molecule has 0 amide bonds. The fourth-order valence-corrected chi connectivity index (χ4v) is 3.52. The van der Waals surface area contributed by atoms with Crippen LogP contribution in [0.5, 0.6) is 5.75 Å². The Hall–Kier alpha value is -0.970. The lowest BCUT2D eigenvalue weighted by atomic mass is 9.98. The average molecular weight is 366 g/mol. The van der Waals surface area contributed by atoms with E-state index in [-0.39, 0.29) is 6.04 Å². The van der Waals surface area contributed by atoms with Crippen LogP contribution in [-0.4, -0.2) is 20.4 Å². The molecule has 0 bridgehead atoms. The molecule has 2 rings (SSSR count). The summed E-state index contributed by atoms with van der Waals surface area (Å²) in [6, 6.07) is 14.9. The molecule has 2 aromatic rings. The second-order valence-corrected chi connectivity index (χ2v) is 6.51. The lowest BCUT2D eigenvalue weighted by molar-refractivity contribution is 0.406. The molecule has 1 unspecified atom stereocenters. The topological polar surface area (TPSA) is 21.3 Å². The van der Waals surface area contributed by atoms with Gasteiger partial charge in [0.05, 0.1) is 7.11 Å². The van der Waals surface area contributed by atoms with Crippen molar-refractivity contribution in [3.63, 3.8) is 0 Å². The fourth-order valence-electron chi connectivity index (χ4n) is 2.45. The van der Waals surface area contributed by atoms with Crippen molar-refractivity contribution in [3.8, 4) is 5.75 Å². The van der Waals surface area contributed by atoms with Crippen molar-refractivity contribution in [1.82, 2.24) is 5.32 Å². The Morgan fingerprint density at radius 2 is 2.00 bits per heavy atom. The van der Waals surface area contributed by atoms with Gasteiger partial charge in [-0.05, 0) is 55.1 Å². The van der Waals surface area contributed by atoms with Crippen LogP contribution in [0, 0.1) is 0 Å². The first-order valence-corrected chi connectivity index (χ1v) is 8.84. The number of likely N-dealkylation sites (N-methyl/N-ethyl adjacent to an activating group) is 1. The molecule has 0 heterocycles. The molecule has 2 nitrogen and oxygen atoms in total. The van der Waals surface area contributed by atoms with Gasteiger partial charge in [0.2, 0.25) is 0 Å². The molecule has 0 saturated carbocycles. The number of nitrogens with one attached hydrogen (secondary N) is 1. The van der Waals surface area contributed by atoms with E-state index in [0.717, 1.165) is 16.6 Å². The molecule has 1 atom stereocenters. The van der Waals surface area contributed by atoms with E-state index in [1.54, 1.807) is 18.9 Å². The van der Waals surface area contributed by atoms with Crippen molar-refractivity contribution in [2.45, 2.75) is 17.4 Å². The second kappa shape index (κ2) is 7.87. The number of thioether (sulfide) groups is 1. The maximum absolute atomic E-state index is 5.48. The van der Waals surface area contributed by atoms with Crippen molar-refractivity contribution in [3.05, 3.63) is 58.1 Å². The first kappa shape index (κ1) is 16.4. The highest BCUT2D eigenvalue weighted by molar-refractivity contribution is 9.10. The summed E-state index contributed by atoms with van der Waals surface area (Å²) in [7, 11) is 3.73. The largest absolute Gasteiger partial charge is 0.496 e. The maximum atomic E-state index is 5.48. The second-order valence-electron chi connectivity index (χ2n) is 4.74. The normalized spacial score (nSPS) is 12.2. The summed E-state index contributed by atoms with van der Waals surface area (Å²) in [5.41, 5.74) is 2.52. The summed E-state index contributed by atoms with van der Waals surface area (Å²) in [4.78, 5) is 1.31. The van der Waals surface area contributed by atoms with Crippen LogP contribution < -0.4 is 10.1 Å². The molecular weight excluding hydrogens is 346 g/mol. The van der Waals surface area contributed by atoms with E-state index in [1.807, 2.05) is 19.2 Å². The molecule has 0 radical (unpaired) electrons. The lowest BCUT2D eigenvalue weighted by Gasteiger charge is -2.21. The van der Waals surface area contributed by atoms with E-state index in [4.69, 9.17) is 4.74 Å². The van der Waals surface area contributed by atoms with Gasteiger partial charge in [-0.25, -0.2) is 0 Å². The van der Waals surface area contributed by atoms with E-state index in [9.17, 15) is 0 Å². The predicted octanol–water partition coefficient (Wildman–Crippen LogP) is 4.68. The standard InChI is InChI=1S/C17H20BrNOS/c1-19-15(14-6-4-5-7-17(14)21-3)11-12-10-13(18)8-9-16(12)20-2/h4-10,15,19H,11H2,1-3H3. The van der Waals surface area contributed by atoms with E-state index < -0.39 is 0 Å². The molecular formula is C17H20BrNOS. The molecule has 1 N–H and O–H groups in total. The Morgan fingerprint density at radius 1 is 1.24 bits per heavy atom. The van der Waals surface area contributed by atoms with Gasteiger partial charge >= 0.3 is 0 Å². The third-order valence-corrected chi connectivity index (χ3v) is 4.83. The Balaban J connectivity index is 2.33. The minimum Gasteiger partial charge on any atom is -0.496 e. The van der Waals surface area contributed by atoms with Crippen LogP contribution in [0.25, 0.3) is 0 Å². The molecule has 21 heavy (non-hydrogen) atoms. The summed E-state index contributed by atoms with van der Waals surface area (Å²) in [5, 5.41) is 3.43. The number of benzene rings is 2. The average Bonchev–Trinajstić information content (AvgIpc) is 2.52. The van der Waals surface area contributed by atoms with Crippen LogP contribution in [0.2, 0.25) is 0 Å². The van der Waals surface area contributed by atoms with Gasteiger partial charge in [0.25, 0.3) is 0 Å². The highest BCUT2D eigenvalue weighted by atomic mass is 79.9. The smallest absolute Gasteiger partial charge is 0.122 e. The Labute approximate surface area is 139 Å². The molecule has 4 heteroatoms. The van der Waals surface area contributed by atoms with Gasteiger partial charge in [-0.3, -0.25) is 0 Å². The van der Waals surface area contributed by atoms with Gasteiger partial charge in [0.15, 0.2) is 0 Å². The Bertz CT molecular complexity index is 603. The van der Waals surface area contributed by atoms with Gasteiger partial charge in [-0.2, -0.15) is 0 Å². The van der Waals surface area contributed by atoms with Gasteiger partial charge < -0.3 is 10.1 Å². The van der Waals surface area contributed by atoms with Gasteiger partial charge in [-0.1, -0.05) is 34.1 Å². The van der Waals surface area contributed by atoms with E-state index >= 15 is 0 Å². The van der Waals surface area contributed by atoms with Crippen LogP contribution >= 0.6 is 27.7 Å². The zero-order chi connectivity index (χ0) is 15.2. The highest BCUT2D eigenvalue weighted by Crippen LogP contribution is 2.31. The SMILES string of the molecule is CNC(Cc1cc(Br)ccc1OC)c1ccccc1SC. The first-order chi connectivity index (χ1) is 10.2. The monoisotopic (exact) mass is 365 g/mol. The van der Waals surface area contributed by atoms with E-state index in [2.05, 4.69) is 57.8 Å². The number of hydrogen-bond acceptors (Lipinski definition) is 3. The number of rotatable bonds is 6. The van der Waals surface area contributed by atoms with Crippen molar-refractivity contribution in [2.24, 2.45) is 0 Å². The Morgan fingerprint density at radius 3 is 2.67 bits per heavy atom. The molecule has 0 aliphatic rings. The highest BCUT2D eigenvalue weighted by Gasteiger charge is 2.16. The Kier molecular flexibility index (Phi) is 6.15. The molecule has 0 aliphatic heterocycles. The van der Waals surface area contributed by atoms with Crippen LogP contribution in [0.3, 0.4) is 0 Å². The maximum Gasteiger partial charge on any atom is 0.122 e. The van der Waals surface area contributed by atoms with Crippen molar-refractivity contribution < 1.29 is 4.74 Å². The summed E-state index contributed by atoms with van der Waals surface area (Å²) < 4.78 is 6.56. The molecule has 0 aromatic heterocycles. The summed E-state index contributed by atoms with van der Waals surface area (Å²) >= 11 is 5.32. The van der Waals surface area contributed by atoms with Gasteiger partial charge in [0.1, 0.15) is 5.75 Å². The number of hydrogen-bond donors (Lipinski definition) is 1. The molecule has 2 aromatic carbocycles. The zero-order valence-electron chi connectivity index (χ0n) is 12.5. The van der Waals surface area contributed by atoms with Crippen molar-refractivity contribution >= 4 is 27.7 Å². The summed E-state index contributed by atoms with van der Waals surface area (Å²) in [6.45, 7) is 0. The molecule has 0 fully saturated rings. The van der Waals surface area contributed by atoms with Gasteiger partial charge in [0, 0.05) is 15.4 Å². The van der Waals surface area contributed by atoms with Crippen LogP contribution in [0.1, 0.15) is 17.2 Å². The van der Waals surface area contributed by atoms with Crippen LogP contribution in [-0.2, 0) is 6.42 Å². The minimum atomic E-state index is 0.261. The third kappa shape index (κ3) is 4.02. The van der Waals surface area contributed by atoms with Crippen LogP contribution in [0.4, 0.5) is 0 Å². The third-order valence-electron chi connectivity index (χ3n) is 3.53. The lowest BCUT2D eigenvalue weighted by Crippen LogP contribution is -2.19. The predicted molar refractivity (Wildman–Crippen MR) is 94.4 cm³/mol. The van der Waals surface area contributed by atoms with Crippen molar-refractivity contribution in [2.75, 3.05) is 20.4 Å². The number of ether oxygens (including phenoxy) is 1. The minimum absolute atomic E-state index is 0.261. The van der Waals surface area contributed by atoms with Gasteiger partial charge in [-0.15, -0.1) is 11.8 Å². The quantitative estimate of drug-likeness (QED) is 0.750. The summed E-state index contributed by atoms with van der Waals surface area (Å²) in [5.74, 6) is 0.931. The molecule has 112 valence electrons. The zero-order valence-corrected chi connectivity index (χ0v) is 14.9. The molecule has 0 spiro atoms. The number of halogens is 1.